The lowest BCUT2D eigenvalue weighted by atomic mass is 10.1. The lowest BCUT2D eigenvalue weighted by Crippen LogP contribution is -2.25. The number of likely N-dealkylation sites (tertiary alicyclic amines) is 1. The van der Waals surface area contributed by atoms with E-state index in [9.17, 15) is 4.39 Å². The van der Waals surface area contributed by atoms with Gasteiger partial charge in [-0.3, -0.25) is 4.90 Å². The molecule has 0 atom stereocenters. The summed E-state index contributed by atoms with van der Waals surface area (Å²) in [5, 5.41) is 12.2. The Hall–Kier alpha value is -3.10. The molecule has 9 heteroatoms. The van der Waals surface area contributed by atoms with Crippen molar-refractivity contribution in [1.82, 2.24) is 15.1 Å². The number of hydrogen-bond donors (Lipinski definition) is 1. The van der Waals surface area contributed by atoms with Crippen LogP contribution in [0.5, 0.6) is 17.4 Å². The largest absolute Gasteiger partial charge is 0.497 e. The SMILES string of the molecule is COc1ccc(CNc2cc(-c3cc(Cl)ccc3F)nnc2OCCN2CCCC2)c(OC)c1. The molecule has 1 aromatic heterocycles. The zero-order chi connectivity index (χ0) is 23.9. The van der Waals surface area contributed by atoms with Crippen LogP contribution in [0.25, 0.3) is 11.3 Å². The fourth-order valence-corrected chi connectivity index (χ4v) is 4.08. The molecule has 4 rings (SSSR count). The molecule has 1 aliphatic heterocycles. The van der Waals surface area contributed by atoms with Gasteiger partial charge in [-0.15, -0.1) is 10.2 Å². The van der Waals surface area contributed by atoms with E-state index in [2.05, 4.69) is 20.4 Å². The van der Waals surface area contributed by atoms with E-state index in [1.807, 2.05) is 18.2 Å². The lowest BCUT2D eigenvalue weighted by Gasteiger charge is -2.17. The summed E-state index contributed by atoms with van der Waals surface area (Å²) in [5.41, 5.74) is 2.15. The summed E-state index contributed by atoms with van der Waals surface area (Å²) in [6.45, 7) is 3.91. The van der Waals surface area contributed by atoms with Crippen LogP contribution in [0, 0.1) is 5.82 Å². The van der Waals surface area contributed by atoms with Gasteiger partial charge in [-0.1, -0.05) is 11.6 Å². The Morgan fingerprint density at radius 3 is 2.62 bits per heavy atom. The van der Waals surface area contributed by atoms with Crippen LogP contribution in [0.4, 0.5) is 10.1 Å². The van der Waals surface area contributed by atoms with Crippen molar-refractivity contribution >= 4 is 17.3 Å². The molecule has 1 saturated heterocycles. The van der Waals surface area contributed by atoms with Crippen LogP contribution < -0.4 is 19.5 Å². The molecule has 180 valence electrons. The highest BCUT2D eigenvalue weighted by Crippen LogP contribution is 2.31. The monoisotopic (exact) mass is 486 g/mol. The summed E-state index contributed by atoms with van der Waals surface area (Å²) in [4.78, 5) is 2.36. The highest BCUT2D eigenvalue weighted by molar-refractivity contribution is 6.30. The molecule has 1 N–H and O–H groups in total. The minimum atomic E-state index is -0.427. The number of ether oxygens (including phenoxy) is 3. The number of hydrogen-bond acceptors (Lipinski definition) is 7. The fourth-order valence-electron chi connectivity index (χ4n) is 3.91. The zero-order valence-corrected chi connectivity index (χ0v) is 20.1. The maximum Gasteiger partial charge on any atom is 0.257 e. The van der Waals surface area contributed by atoms with Gasteiger partial charge in [0.2, 0.25) is 0 Å². The van der Waals surface area contributed by atoms with Crippen molar-refractivity contribution in [2.45, 2.75) is 19.4 Å². The summed E-state index contributed by atoms with van der Waals surface area (Å²) in [5.74, 6) is 1.32. The van der Waals surface area contributed by atoms with Gasteiger partial charge in [-0.05, 0) is 62.3 Å². The van der Waals surface area contributed by atoms with Gasteiger partial charge in [0.1, 0.15) is 29.6 Å². The van der Waals surface area contributed by atoms with Crippen molar-refractivity contribution < 1.29 is 18.6 Å². The smallest absolute Gasteiger partial charge is 0.257 e. The number of nitrogens with one attached hydrogen (secondary N) is 1. The Balaban J connectivity index is 1.57. The van der Waals surface area contributed by atoms with Crippen LogP contribution in [0.2, 0.25) is 5.02 Å². The summed E-state index contributed by atoms with van der Waals surface area (Å²) in [7, 11) is 3.22. The molecule has 1 aliphatic rings. The maximum absolute atomic E-state index is 14.5. The number of nitrogens with zero attached hydrogens (tertiary/aromatic N) is 3. The minimum absolute atomic E-state index is 0.272. The van der Waals surface area contributed by atoms with Crippen LogP contribution in [0.1, 0.15) is 18.4 Å². The van der Waals surface area contributed by atoms with Gasteiger partial charge in [-0.2, -0.15) is 0 Å². The lowest BCUT2D eigenvalue weighted by molar-refractivity contribution is 0.231. The van der Waals surface area contributed by atoms with Gasteiger partial charge < -0.3 is 19.5 Å². The first-order valence-corrected chi connectivity index (χ1v) is 11.6. The number of benzene rings is 2. The van der Waals surface area contributed by atoms with E-state index < -0.39 is 5.82 Å². The molecule has 0 bridgehead atoms. The molecule has 3 aromatic rings. The molecular formula is C25H28ClFN4O3. The van der Waals surface area contributed by atoms with Gasteiger partial charge in [0.05, 0.1) is 19.9 Å². The minimum Gasteiger partial charge on any atom is -0.497 e. The van der Waals surface area contributed by atoms with E-state index in [-0.39, 0.29) is 5.56 Å². The maximum atomic E-state index is 14.5. The summed E-state index contributed by atoms with van der Waals surface area (Å²) >= 11 is 6.08. The van der Waals surface area contributed by atoms with E-state index in [1.54, 1.807) is 20.3 Å². The number of aromatic nitrogens is 2. The summed E-state index contributed by atoms with van der Waals surface area (Å²) in [6, 6.07) is 11.7. The van der Waals surface area contributed by atoms with Crippen molar-refractivity contribution in [3.63, 3.8) is 0 Å². The molecule has 7 nitrogen and oxygen atoms in total. The molecule has 0 radical (unpaired) electrons. The standard InChI is InChI=1S/C25H28ClFN4O3/c1-32-19-7-5-17(24(14-19)33-2)16-28-23-15-22(20-13-18(26)6-8-21(20)27)29-30-25(23)34-12-11-31-9-3-4-10-31/h5-8,13-15H,3-4,9-12,16H2,1-2H3,(H,28,29). The molecular weight excluding hydrogens is 459 g/mol. The van der Waals surface area contributed by atoms with E-state index in [4.69, 9.17) is 25.8 Å². The Kier molecular flexibility index (Phi) is 8.03. The topological polar surface area (TPSA) is 68.7 Å². The Labute approximate surface area is 203 Å². The first-order chi connectivity index (χ1) is 16.6. The Morgan fingerprint density at radius 2 is 1.85 bits per heavy atom. The number of rotatable bonds is 10. The second kappa shape index (κ2) is 11.4. The molecule has 2 heterocycles. The van der Waals surface area contributed by atoms with Crippen molar-refractivity contribution in [3.05, 3.63) is 58.9 Å². The third kappa shape index (κ3) is 5.87. The van der Waals surface area contributed by atoms with Crippen molar-refractivity contribution in [1.29, 1.82) is 0 Å². The van der Waals surface area contributed by atoms with Crippen LogP contribution in [0.15, 0.2) is 42.5 Å². The Morgan fingerprint density at radius 1 is 1.03 bits per heavy atom. The quantitative estimate of drug-likeness (QED) is 0.430. The normalized spacial score (nSPS) is 13.6. The predicted molar refractivity (Wildman–Crippen MR) is 130 cm³/mol. The first-order valence-electron chi connectivity index (χ1n) is 11.2. The van der Waals surface area contributed by atoms with Crippen molar-refractivity contribution in [3.8, 4) is 28.6 Å². The number of methoxy groups -OCH3 is 2. The third-order valence-corrected chi connectivity index (χ3v) is 6.01. The van der Waals surface area contributed by atoms with E-state index in [0.717, 1.165) is 25.2 Å². The van der Waals surface area contributed by atoms with Gasteiger partial charge >= 0.3 is 0 Å². The third-order valence-electron chi connectivity index (χ3n) is 5.77. The molecule has 0 aliphatic carbocycles. The number of anilines is 1. The van der Waals surface area contributed by atoms with Crippen LogP contribution >= 0.6 is 11.6 Å². The number of halogens is 2. The summed E-state index contributed by atoms with van der Waals surface area (Å²) < 4.78 is 31.2. The van der Waals surface area contributed by atoms with Gasteiger partial charge in [-0.25, -0.2) is 4.39 Å². The average Bonchev–Trinajstić information content (AvgIpc) is 3.38. The highest BCUT2D eigenvalue weighted by atomic mass is 35.5. The fraction of sp³-hybridized carbons (Fsp3) is 0.360. The zero-order valence-electron chi connectivity index (χ0n) is 19.3. The van der Waals surface area contributed by atoms with E-state index >= 15 is 0 Å². The second-order valence-electron chi connectivity index (χ2n) is 8.00. The van der Waals surface area contributed by atoms with E-state index in [1.165, 1.54) is 31.0 Å². The molecule has 0 unspecified atom stereocenters. The predicted octanol–water partition coefficient (Wildman–Crippen LogP) is 5.04. The van der Waals surface area contributed by atoms with Crippen molar-refractivity contribution in [2.75, 3.05) is 45.8 Å². The highest BCUT2D eigenvalue weighted by Gasteiger charge is 2.16. The molecule has 2 aromatic carbocycles. The van der Waals surface area contributed by atoms with Crippen LogP contribution in [0.3, 0.4) is 0 Å². The van der Waals surface area contributed by atoms with E-state index in [0.29, 0.717) is 46.9 Å². The Bertz CT molecular complexity index is 1130. The van der Waals surface area contributed by atoms with Gasteiger partial charge in [0.15, 0.2) is 0 Å². The second-order valence-corrected chi connectivity index (χ2v) is 8.44. The van der Waals surface area contributed by atoms with Crippen LogP contribution in [-0.4, -0.2) is 55.6 Å². The van der Waals surface area contributed by atoms with Crippen molar-refractivity contribution in [2.24, 2.45) is 0 Å². The summed E-state index contributed by atoms with van der Waals surface area (Å²) in [6.07, 6.45) is 2.44. The molecule has 0 spiro atoms. The van der Waals surface area contributed by atoms with Gasteiger partial charge in [0.25, 0.3) is 5.88 Å². The first kappa shape index (κ1) is 24.0. The molecule has 34 heavy (non-hydrogen) atoms. The molecule has 0 amide bonds. The molecule has 0 saturated carbocycles. The molecule has 1 fully saturated rings. The average molecular weight is 487 g/mol. The van der Waals surface area contributed by atoms with Gasteiger partial charge in [0, 0.05) is 35.3 Å². The van der Waals surface area contributed by atoms with Crippen LogP contribution in [-0.2, 0) is 6.54 Å².